The summed E-state index contributed by atoms with van der Waals surface area (Å²) in [6, 6.07) is 10.1. The number of aryl methyl sites for hydroxylation is 1. The number of halogens is 5. The van der Waals surface area contributed by atoms with E-state index < -0.39 is 40.9 Å². The zero-order chi connectivity index (χ0) is 36.9. The topological polar surface area (TPSA) is 110 Å². The van der Waals surface area contributed by atoms with Crippen LogP contribution in [0.5, 0.6) is 0 Å². The van der Waals surface area contributed by atoms with Gasteiger partial charge in [0.15, 0.2) is 5.65 Å². The first-order valence-corrected chi connectivity index (χ1v) is 16.9. The van der Waals surface area contributed by atoms with E-state index in [4.69, 9.17) is 4.98 Å². The summed E-state index contributed by atoms with van der Waals surface area (Å²) in [4.78, 5) is 55.0. The molecule has 0 radical (unpaired) electrons. The molecule has 51 heavy (non-hydrogen) atoms. The molecule has 1 aliphatic carbocycles. The summed E-state index contributed by atoms with van der Waals surface area (Å²) in [5, 5.41) is 3.80. The number of anilines is 1. The van der Waals surface area contributed by atoms with E-state index in [-0.39, 0.29) is 40.7 Å². The number of amides is 1. The first kappa shape index (κ1) is 37.3. The molecule has 1 saturated carbocycles. The van der Waals surface area contributed by atoms with E-state index in [9.17, 15) is 27.6 Å². The SMILES string of the molecule is CCN(CC)CCCNc1nc(-c2cc(C(=O)N(CC3CCCC3)OC(=O)C(F)(F)F)ccc2C)c2ccc(=O)n(-c3c(F)cccc3F)c2n1. The van der Waals surface area contributed by atoms with Crippen LogP contribution in [0.25, 0.3) is 28.0 Å². The Kier molecular flexibility index (Phi) is 11.7. The summed E-state index contributed by atoms with van der Waals surface area (Å²) in [6.45, 7) is 8.47. The van der Waals surface area contributed by atoms with Gasteiger partial charge >= 0.3 is 12.1 Å². The van der Waals surface area contributed by atoms with Crippen LogP contribution < -0.4 is 10.9 Å². The van der Waals surface area contributed by atoms with Crippen LogP contribution in [0.15, 0.2) is 53.3 Å². The van der Waals surface area contributed by atoms with Crippen molar-refractivity contribution in [3.05, 3.63) is 81.6 Å². The molecule has 0 atom stereocenters. The Morgan fingerprint density at radius 2 is 1.69 bits per heavy atom. The molecule has 1 N–H and O–H groups in total. The number of para-hydroxylation sites is 1. The van der Waals surface area contributed by atoms with Crippen molar-refractivity contribution in [2.75, 3.05) is 38.0 Å². The van der Waals surface area contributed by atoms with Gasteiger partial charge in [-0.1, -0.05) is 38.8 Å². The maximum absolute atomic E-state index is 15.1. The standard InChI is InChI=1S/C36H39F5N6O4/c1-4-45(5-2)19-9-18-42-35-43-30(25-16-17-29(48)47(32(25)44-35)31-27(37)12-8-13-28(31)38)26-20-24(15-14-22(26)3)33(49)46(21-23-10-6-7-11-23)51-34(50)36(39,40)41/h8,12-17,20,23H,4-7,9-11,18-19,21H2,1-3H3,(H,42,43,44). The molecule has 272 valence electrons. The lowest BCUT2D eigenvalue weighted by Crippen LogP contribution is -2.40. The van der Waals surface area contributed by atoms with Gasteiger partial charge in [-0.05, 0) is 87.6 Å². The van der Waals surface area contributed by atoms with Crippen molar-refractivity contribution in [2.24, 2.45) is 5.92 Å². The Morgan fingerprint density at radius 3 is 2.33 bits per heavy atom. The number of pyridine rings is 1. The zero-order valence-corrected chi connectivity index (χ0v) is 28.5. The normalized spacial score (nSPS) is 13.6. The van der Waals surface area contributed by atoms with Gasteiger partial charge in [-0.3, -0.25) is 14.2 Å². The molecule has 10 nitrogen and oxygen atoms in total. The van der Waals surface area contributed by atoms with Crippen molar-refractivity contribution < 1.29 is 36.4 Å². The largest absolute Gasteiger partial charge is 0.493 e. The highest BCUT2D eigenvalue weighted by atomic mass is 19.4. The number of carbonyl (C=O) groups excluding carboxylic acids is 2. The Balaban J connectivity index is 1.63. The number of alkyl halides is 3. The third kappa shape index (κ3) is 8.52. The van der Waals surface area contributed by atoms with Gasteiger partial charge in [0.05, 0.1) is 12.2 Å². The van der Waals surface area contributed by atoms with Gasteiger partial charge in [0.1, 0.15) is 17.3 Å². The second-order valence-electron chi connectivity index (χ2n) is 12.4. The Hall–Kier alpha value is -4.92. The quantitative estimate of drug-likeness (QED) is 0.0967. The van der Waals surface area contributed by atoms with Crippen molar-refractivity contribution in [1.82, 2.24) is 24.5 Å². The second-order valence-corrected chi connectivity index (χ2v) is 12.4. The monoisotopic (exact) mass is 714 g/mol. The molecule has 0 spiro atoms. The van der Waals surface area contributed by atoms with E-state index >= 15 is 8.78 Å². The van der Waals surface area contributed by atoms with Crippen molar-refractivity contribution >= 4 is 28.9 Å². The maximum atomic E-state index is 15.1. The molecule has 0 bridgehead atoms. The fourth-order valence-corrected chi connectivity index (χ4v) is 6.26. The Labute approximate surface area is 291 Å². The van der Waals surface area contributed by atoms with Gasteiger partial charge in [0, 0.05) is 29.1 Å². The van der Waals surface area contributed by atoms with Crippen LogP contribution in [0.1, 0.15) is 61.9 Å². The molecule has 2 aromatic carbocycles. The van der Waals surface area contributed by atoms with Gasteiger partial charge in [-0.25, -0.2) is 18.6 Å². The molecule has 4 aromatic rings. The number of hydroxylamine groups is 2. The fourth-order valence-electron chi connectivity index (χ4n) is 6.26. The first-order chi connectivity index (χ1) is 24.3. The van der Waals surface area contributed by atoms with E-state index in [1.165, 1.54) is 24.3 Å². The van der Waals surface area contributed by atoms with E-state index in [1.807, 2.05) is 13.8 Å². The average Bonchev–Trinajstić information content (AvgIpc) is 3.61. The minimum Gasteiger partial charge on any atom is -0.354 e. The lowest BCUT2D eigenvalue weighted by Gasteiger charge is -2.25. The van der Waals surface area contributed by atoms with E-state index in [1.54, 1.807) is 13.0 Å². The fraction of sp³-hybridized carbons (Fsp3) is 0.417. The van der Waals surface area contributed by atoms with Crippen LogP contribution in [-0.2, 0) is 9.63 Å². The molecule has 2 heterocycles. The number of aromatic nitrogens is 3. The highest BCUT2D eigenvalue weighted by Gasteiger charge is 2.44. The zero-order valence-electron chi connectivity index (χ0n) is 28.5. The second kappa shape index (κ2) is 16.0. The lowest BCUT2D eigenvalue weighted by atomic mass is 9.99. The number of hydrogen-bond acceptors (Lipinski definition) is 8. The molecule has 2 aromatic heterocycles. The van der Waals surface area contributed by atoms with Gasteiger partial charge < -0.3 is 15.1 Å². The lowest BCUT2D eigenvalue weighted by molar-refractivity contribution is -0.229. The number of hydrogen-bond donors (Lipinski definition) is 1. The molecule has 0 unspecified atom stereocenters. The summed E-state index contributed by atoms with van der Waals surface area (Å²) in [5.41, 5.74) is -0.555. The van der Waals surface area contributed by atoms with Crippen LogP contribution in [-0.4, -0.2) is 75.3 Å². The van der Waals surface area contributed by atoms with Crippen molar-refractivity contribution in [2.45, 2.75) is 59.1 Å². The smallest absolute Gasteiger partial charge is 0.354 e. The van der Waals surface area contributed by atoms with Crippen LogP contribution in [0.2, 0.25) is 0 Å². The number of nitrogens with zero attached hydrogens (tertiary/aromatic N) is 5. The van der Waals surface area contributed by atoms with Gasteiger partial charge in [0.25, 0.3) is 11.5 Å². The minimum atomic E-state index is -5.32. The molecule has 1 fully saturated rings. The van der Waals surface area contributed by atoms with E-state index in [0.717, 1.165) is 55.2 Å². The van der Waals surface area contributed by atoms with Gasteiger partial charge in [0.2, 0.25) is 5.95 Å². The third-order valence-electron chi connectivity index (χ3n) is 9.03. The average molecular weight is 715 g/mol. The number of nitrogens with one attached hydrogen (secondary N) is 1. The number of benzene rings is 2. The summed E-state index contributed by atoms with van der Waals surface area (Å²) >= 11 is 0. The molecular formula is C36H39F5N6O4. The summed E-state index contributed by atoms with van der Waals surface area (Å²) < 4.78 is 70.8. The molecule has 0 aliphatic heterocycles. The number of rotatable bonds is 12. The van der Waals surface area contributed by atoms with Gasteiger partial charge in [-0.2, -0.15) is 23.2 Å². The predicted molar refractivity (Wildman–Crippen MR) is 181 cm³/mol. The molecule has 0 saturated heterocycles. The molecular weight excluding hydrogens is 675 g/mol. The highest BCUT2D eigenvalue weighted by Crippen LogP contribution is 2.33. The molecule has 1 aliphatic rings. The van der Waals surface area contributed by atoms with E-state index in [2.05, 4.69) is 20.0 Å². The summed E-state index contributed by atoms with van der Waals surface area (Å²) in [7, 11) is 0. The molecule has 5 rings (SSSR count). The van der Waals surface area contributed by atoms with Crippen molar-refractivity contribution in [1.29, 1.82) is 0 Å². The first-order valence-electron chi connectivity index (χ1n) is 16.9. The molecule has 1 amide bonds. The Bertz CT molecular complexity index is 1940. The highest BCUT2D eigenvalue weighted by molar-refractivity contribution is 5.98. The summed E-state index contributed by atoms with van der Waals surface area (Å²) in [6.07, 6.45) is -1.64. The van der Waals surface area contributed by atoms with Crippen LogP contribution in [0, 0.1) is 24.5 Å². The van der Waals surface area contributed by atoms with Gasteiger partial charge in [-0.15, -0.1) is 0 Å². The number of carbonyl (C=O) groups is 2. The van der Waals surface area contributed by atoms with Crippen molar-refractivity contribution in [3.63, 3.8) is 0 Å². The van der Waals surface area contributed by atoms with E-state index in [0.29, 0.717) is 42.0 Å². The van der Waals surface area contributed by atoms with Crippen molar-refractivity contribution in [3.8, 4) is 16.9 Å². The Morgan fingerprint density at radius 1 is 1.00 bits per heavy atom. The van der Waals surface area contributed by atoms with Crippen LogP contribution in [0.4, 0.5) is 27.9 Å². The maximum Gasteiger partial charge on any atom is 0.493 e. The predicted octanol–water partition coefficient (Wildman–Crippen LogP) is 6.83. The van der Waals surface area contributed by atoms with Crippen LogP contribution >= 0.6 is 0 Å². The molecule has 15 heteroatoms. The van der Waals surface area contributed by atoms with Crippen LogP contribution in [0.3, 0.4) is 0 Å². The number of fused-ring (bicyclic) bond motifs is 1. The third-order valence-corrected chi connectivity index (χ3v) is 9.03. The summed E-state index contributed by atoms with van der Waals surface area (Å²) in [5.74, 6) is -5.61. The minimum absolute atomic E-state index is 0.0336.